The highest BCUT2D eigenvalue weighted by Crippen LogP contribution is 2.34. The van der Waals surface area contributed by atoms with Gasteiger partial charge in [-0.1, -0.05) is 31.7 Å². The van der Waals surface area contributed by atoms with Gasteiger partial charge in [0.15, 0.2) is 5.58 Å². The zero-order valence-corrected chi connectivity index (χ0v) is 12.9. The molecule has 3 rings (SSSR count). The highest BCUT2D eigenvalue weighted by molar-refractivity contribution is 5.73. The van der Waals surface area contributed by atoms with Crippen LogP contribution in [0.5, 0.6) is 0 Å². The first-order valence-corrected chi connectivity index (χ1v) is 7.97. The average Bonchev–Trinajstić information content (AvgIpc) is 2.69. The molecule has 1 atom stereocenters. The second kappa shape index (κ2) is 6.06. The van der Waals surface area contributed by atoms with Gasteiger partial charge in [0.2, 0.25) is 0 Å². The third-order valence-electron chi connectivity index (χ3n) is 4.86. The van der Waals surface area contributed by atoms with Crippen LogP contribution < -0.4 is 11.1 Å². The molecule has 1 fully saturated rings. The van der Waals surface area contributed by atoms with Crippen molar-refractivity contribution < 1.29 is 4.42 Å². The first-order chi connectivity index (χ1) is 10.2. The number of aromatic nitrogens is 1. The van der Waals surface area contributed by atoms with Gasteiger partial charge in [-0.3, -0.25) is 4.57 Å². The molecule has 1 unspecified atom stereocenters. The summed E-state index contributed by atoms with van der Waals surface area (Å²) in [5.74, 6) is 0.378. The van der Waals surface area contributed by atoms with Crippen LogP contribution in [0.25, 0.3) is 11.1 Å². The van der Waals surface area contributed by atoms with E-state index in [1.807, 2.05) is 19.2 Å². The summed E-state index contributed by atoms with van der Waals surface area (Å²) in [4.78, 5) is 11.6. The molecule has 0 bridgehead atoms. The zero-order chi connectivity index (χ0) is 14.8. The van der Waals surface area contributed by atoms with E-state index in [1.54, 1.807) is 11.6 Å². The monoisotopic (exact) mass is 288 g/mol. The van der Waals surface area contributed by atoms with Crippen LogP contribution >= 0.6 is 0 Å². The summed E-state index contributed by atoms with van der Waals surface area (Å²) >= 11 is 0. The predicted molar refractivity (Wildman–Crippen MR) is 84.4 cm³/mol. The smallest absolute Gasteiger partial charge is 0.408 e. The Labute approximate surface area is 125 Å². The average molecular weight is 288 g/mol. The van der Waals surface area contributed by atoms with Crippen molar-refractivity contribution in [2.75, 3.05) is 7.05 Å². The van der Waals surface area contributed by atoms with E-state index in [0.717, 1.165) is 5.52 Å². The Bertz CT molecular complexity index is 663. The maximum Gasteiger partial charge on any atom is 0.419 e. The number of aryl methyl sites for hydroxylation is 1. The van der Waals surface area contributed by atoms with Crippen molar-refractivity contribution in [3.8, 4) is 0 Å². The van der Waals surface area contributed by atoms with E-state index >= 15 is 0 Å². The van der Waals surface area contributed by atoms with Crippen LogP contribution in [0.15, 0.2) is 27.4 Å². The van der Waals surface area contributed by atoms with Gasteiger partial charge in [0.25, 0.3) is 0 Å². The molecule has 0 spiro atoms. The summed E-state index contributed by atoms with van der Waals surface area (Å²) in [6, 6.07) is 6.50. The van der Waals surface area contributed by atoms with Gasteiger partial charge in [0.05, 0.1) is 5.52 Å². The van der Waals surface area contributed by atoms with Gasteiger partial charge in [0.1, 0.15) is 0 Å². The molecule has 4 heteroatoms. The van der Waals surface area contributed by atoms with Crippen molar-refractivity contribution in [3.05, 3.63) is 34.3 Å². The minimum absolute atomic E-state index is 0.294. The number of benzene rings is 1. The lowest BCUT2D eigenvalue weighted by atomic mass is 9.87. The Hall–Kier alpha value is -1.55. The third-order valence-corrected chi connectivity index (χ3v) is 4.86. The van der Waals surface area contributed by atoms with Gasteiger partial charge < -0.3 is 9.73 Å². The molecule has 0 amide bonds. The van der Waals surface area contributed by atoms with Crippen LogP contribution in [0, 0.1) is 5.92 Å². The van der Waals surface area contributed by atoms with Gasteiger partial charge in [-0.05, 0) is 43.5 Å². The number of hydrogen-bond donors (Lipinski definition) is 1. The maximum atomic E-state index is 11.6. The van der Waals surface area contributed by atoms with Gasteiger partial charge >= 0.3 is 5.76 Å². The molecule has 1 heterocycles. The maximum absolute atomic E-state index is 11.6. The molecule has 0 aliphatic heterocycles. The van der Waals surface area contributed by atoms with Crippen molar-refractivity contribution in [1.29, 1.82) is 0 Å². The van der Waals surface area contributed by atoms with E-state index in [4.69, 9.17) is 4.42 Å². The topological polar surface area (TPSA) is 47.2 Å². The Kier molecular flexibility index (Phi) is 4.15. The van der Waals surface area contributed by atoms with E-state index in [1.165, 1.54) is 44.1 Å². The third kappa shape index (κ3) is 2.77. The number of nitrogens with zero attached hydrogens (tertiary/aromatic N) is 1. The second-order valence-electron chi connectivity index (χ2n) is 6.17. The van der Waals surface area contributed by atoms with Crippen LogP contribution in [0.4, 0.5) is 0 Å². The fourth-order valence-corrected chi connectivity index (χ4v) is 3.66. The van der Waals surface area contributed by atoms with Gasteiger partial charge in [-0.25, -0.2) is 4.79 Å². The molecule has 1 saturated carbocycles. The van der Waals surface area contributed by atoms with E-state index in [0.29, 0.717) is 17.5 Å². The molecule has 1 N–H and O–H groups in total. The lowest BCUT2D eigenvalue weighted by Gasteiger charge is -2.26. The molecular formula is C17H24N2O2. The molecule has 4 nitrogen and oxygen atoms in total. The molecule has 21 heavy (non-hydrogen) atoms. The first-order valence-electron chi connectivity index (χ1n) is 7.97. The van der Waals surface area contributed by atoms with Crippen LogP contribution in [0.2, 0.25) is 0 Å². The van der Waals surface area contributed by atoms with Crippen LogP contribution in [-0.4, -0.2) is 11.6 Å². The largest absolute Gasteiger partial charge is 0.419 e. The van der Waals surface area contributed by atoms with Crippen LogP contribution in [0.1, 0.15) is 50.1 Å². The molecule has 1 aromatic carbocycles. The fourth-order valence-electron chi connectivity index (χ4n) is 3.66. The number of hydrogen-bond acceptors (Lipinski definition) is 3. The molecule has 114 valence electrons. The van der Waals surface area contributed by atoms with Crippen molar-refractivity contribution in [1.82, 2.24) is 9.88 Å². The number of rotatable bonds is 3. The quantitative estimate of drug-likeness (QED) is 0.881. The second-order valence-corrected chi connectivity index (χ2v) is 6.17. The summed E-state index contributed by atoms with van der Waals surface area (Å²) in [5.41, 5.74) is 2.78. The summed E-state index contributed by atoms with van der Waals surface area (Å²) in [7, 11) is 3.77. The van der Waals surface area contributed by atoms with Gasteiger partial charge in [-0.2, -0.15) is 0 Å². The van der Waals surface area contributed by atoms with Crippen molar-refractivity contribution in [3.63, 3.8) is 0 Å². The number of oxazole rings is 1. The van der Waals surface area contributed by atoms with Crippen molar-refractivity contribution >= 4 is 11.1 Å². The lowest BCUT2D eigenvalue weighted by molar-refractivity contribution is 0.341. The number of nitrogens with one attached hydrogen (secondary N) is 1. The molecular weight excluding hydrogens is 264 g/mol. The Morgan fingerprint density at radius 3 is 2.62 bits per heavy atom. The summed E-state index contributed by atoms with van der Waals surface area (Å²) in [6.45, 7) is 0. The minimum atomic E-state index is -0.294. The SMILES string of the molecule is CNC(c1ccc2c(c1)oc(=O)n2C)C1CCCCCC1. The van der Waals surface area contributed by atoms with E-state index in [-0.39, 0.29) is 5.76 Å². The molecule has 2 aromatic rings. The van der Waals surface area contributed by atoms with Crippen LogP contribution in [0.3, 0.4) is 0 Å². The van der Waals surface area contributed by atoms with Crippen molar-refractivity contribution in [2.45, 2.75) is 44.6 Å². The van der Waals surface area contributed by atoms with Gasteiger partial charge in [-0.15, -0.1) is 0 Å². The summed E-state index contributed by atoms with van der Waals surface area (Å²) in [6.07, 6.45) is 7.93. The summed E-state index contributed by atoms with van der Waals surface area (Å²) < 4.78 is 6.88. The fraction of sp³-hybridized carbons (Fsp3) is 0.588. The predicted octanol–water partition coefficient (Wildman–Crippen LogP) is 3.36. The minimum Gasteiger partial charge on any atom is -0.408 e. The highest BCUT2D eigenvalue weighted by Gasteiger charge is 2.23. The normalized spacial score (nSPS) is 18.8. The van der Waals surface area contributed by atoms with Crippen molar-refractivity contribution in [2.24, 2.45) is 13.0 Å². The summed E-state index contributed by atoms with van der Waals surface area (Å²) in [5, 5.41) is 3.48. The molecule has 1 aliphatic rings. The Morgan fingerprint density at radius 1 is 1.24 bits per heavy atom. The first kappa shape index (κ1) is 14.4. The van der Waals surface area contributed by atoms with Crippen LogP contribution in [-0.2, 0) is 7.05 Å². The highest BCUT2D eigenvalue weighted by atomic mass is 16.4. The van der Waals surface area contributed by atoms with Gasteiger partial charge in [0, 0.05) is 13.1 Å². The zero-order valence-electron chi connectivity index (χ0n) is 12.9. The standard InChI is InChI=1S/C17H24N2O2/c1-18-16(12-7-5-3-4-6-8-12)13-9-10-14-15(11-13)21-17(20)19(14)2/h9-12,16,18H,3-8H2,1-2H3. The Morgan fingerprint density at radius 2 is 1.95 bits per heavy atom. The Balaban J connectivity index is 1.94. The number of fused-ring (bicyclic) bond motifs is 1. The van der Waals surface area contributed by atoms with E-state index in [9.17, 15) is 4.79 Å². The van der Waals surface area contributed by atoms with E-state index < -0.39 is 0 Å². The molecule has 1 aliphatic carbocycles. The molecule has 0 radical (unpaired) electrons. The molecule has 1 aromatic heterocycles. The molecule has 0 saturated heterocycles. The van der Waals surface area contributed by atoms with E-state index in [2.05, 4.69) is 11.4 Å². The lowest BCUT2D eigenvalue weighted by Crippen LogP contribution is -2.25.